The number of hydrogen-bond donors (Lipinski definition) is 1. The van der Waals surface area contributed by atoms with E-state index in [4.69, 9.17) is 0 Å². The maximum absolute atomic E-state index is 12.8. The molecule has 3 rings (SSSR count). The van der Waals surface area contributed by atoms with Crippen molar-refractivity contribution in [3.05, 3.63) is 30.1 Å². The second-order valence-electron chi connectivity index (χ2n) is 6.83. The highest BCUT2D eigenvalue weighted by Gasteiger charge is 2.50. The van der Waals surface area contributed by atoms with E-state index in [0.717, 1.165) is 31.2 Å². The lowest BCUT2D eigenvalue weighted by Gasteiger charge is -2.45. The summed E-state index contributed by atoms with van der Waals surface area (Å²) in [7, 11) is 0. The predicted octanol–water partition coefficient (Wildman–Crippen LogP) is 2.86. The molecule has 120 valence electrons. The summed E-state index contributed by atoms with van der Waals surface area (Å²) in [4.78, 5) is 19.0. The zero-order valence-corrected chi connectivity index (χ0v) is 13.5. The molecule has 0 spiro atoms. The van der Waals surface area contributed by atoms with E-state index in [9.17, 15) is 9.90 Å². The SMILES string of the molecule is CCC(CC)C(=O)N1C2CCC1CC(O)(c1cccnc1)C2. The van der Waals surface area contributed by atoms with Crippen LogP contribution in [0.25, 0.3) is 0 Å². The Morgan fingerprint density at radius 2 is 2.00 bits per heavy atom. The molecule has 2 saturated heterocycles. The molecule has 2 bridgehead atoms. The van der Waals surface area contributed by atoms with Crippen molar-refractivity contribution < 1.29 is 9.90 Å². The molecule has 0 radical (unpaired) electrons. The predicted molar refractivity (Wildman–Crippen MR) is 85.1 cm³/mol. The zero-order chi connectivity index (χ0) is 15.7. The molecular formula is C18H26N2O2. The van der Waals surface area contributed by atoms with Gasteiger partial charge in [-0.1, -0.05) is 19.9 Å². The molecular weight excluding hydrogens is 276 g/mol. The Bertz CT molecular complexity index is 513. The van der Waals surface area contributed by atoms with Gasteiger partial charge in [0.15, 0.2) is 0 Å². The largest absolute Gasteiger partial charge is 0.385 e. The van der Waals surface area contributed by atoms with Gasteiger partial charge in [0, 0.05) is 48.8 Å². The van der Waals surface area contributed by atoms with Crippen molar-refractivity contribution in [2.75, 3.05) is 0 Å². The highest BCUT2D eigenvalue weighted by Crippen LogP contribution is 2.46. The summed E-state index contributed by atoms with van der Waals surface area (Å²) < 4.78 is 0. The Kier molecular flexibility index (Phi) is 4.22. The normalized spacial score (nSPS) is 30.8. The van der Waals surface area contributed by atoms with E-state index < -0.39 is 5.60 Å². The number of carbonyl (C=O) groups excluding carboxylic acids is 1. The standard InChI is InChI=1S/C18H26N2O2/c1-3-13(4-2)17(21)20-15-7-8-16(20)11-18(22,10-15)14-6-5-9-19-12-14/h5-6,9,12-13,15-16,22H,3-4,7-8,10-11H2,1-2H3. The summed E-state index contributed by atoms with van der Waals surface area (Å²) in [5.41, 5.74) is 0.0617. The van der Waals surface area contributed by atoms with Crippen molar-refractivity contribution in [2.45, 2.75) is 70.1 Å². The van der Waals surface area contributed by atoms with Gasteiger partial charge in [0.2, 0.25) is 5.91 Å². The lowest BCUT2D eigenvalue weighted by molar-refractivity contribution is -0.146. The number of aromatic nitrogens is 1. The number of hydrogen-bond acceptors (Lipinski definition) is 3. The van der Waals surface area contributed by atoms with Gasteiger partial charge in [0.25, 0.3) is 0 Å². The number of amides is 1. The molecule has 0 aliphatic carbocycles. The van der Waals surface area contributed by atoms with Crippen LogP contribution in [-0.2, 0) is 10.4 Å². The number of piperidine rings is 1. The summed E-state index contributed by atoms with van der Waals surface area (Å²) in [5.74, 6) is 0.429. The monoisotopic (exact) mass is 302 g/mol. The fourth-order valence-corrected chi connectivity index (χ4v) is 4.31. The Morgan fingerprint density at radius 1 is 1.36 bits per heavy atom. The first kappa shape index (κ1) is 15.5. The Balaban J connectivity index is 1.81. The molecule has 2 aliphatic rings. The topological polar surface area (TPSA) is 53.4 Å². The molecule has 2 fully saturated rings. The van der Waals surface area contributed by atoms with Crippen LogP contribution in [0.4, 0.5) is 0 Å². The highest BCUT2D eigenvalue weighted by molar-refractivity contribution is 5.80. The number of rotatable bonds is 4. The third kappa shape index (κ3) is 2.54. The van der Waals surface area contributed by atoms with Crippen LogP contribution >= 0.6 is 0 Å². The number of fused-ring (bicyclic) bond motifs is 2. The average Bonchev–Trinajstić information content (AvgIpc) is 2.82. The number of aliphatic hydroxyl groups is 1. The molecule has 2 atom stereocenters. The minimum absolute atomic E-state index is 0.132. The lowest BCUT2D eigenvalue weighted by Crippen LogP contribution is -2.53. The summed E-state index contributed by atoms with van der Waals surface area (Å²) in [5, 5.41) is 11.1. The fourth-order valence-electron chi connectivity index (χ4n) is 4.31. The van der Waals surface area contributed by atoms with Gasteiger partial charge in [-0.2, -0.15) is 0 Å². The molecule has 0 aromatic carbocycles. The van der Waals surface area contributed by atoms with Crippen LogP contribution in [0.3, 0.4) is 0 Å². The third-order valence-corrected chi connectivity index (χ3v) is 5.55. The Hall–Kier alpha value is -1.42. The van der Waals surface area contributed by atoms with Crippen molar-refractivity contribution in [2.24, 2.45) is 5.92 Å². The molecule has 3 heterocycles. The molecule has 1 aromatic heterocycles. The lowest BCUT2D eigenvalue weighted by atomic mass is 9.80. The van der Waals surface area contributed by atoms with Crippen LogP contribution in [0.1, 0.15) is 57.9 Å². The van der Waals surface area contributed by atoms with Gasteiger partial charge >= 0.3 is 0 Å². The van der Waals surface area contributed by atoms with E-state index in [1.807, 2.05) is 12.1 Å². The van der Waals surface area contributed by atoms with Crippen molar-refractivity contribution in [1.82, 2.24) is 9.88 Å². The molecule has 22 heavy (non-hydrogen) atoms. The highest BCUT2D eigenvalue weighted by atomic mass is 16.3. The Labute approximate surface area is 132 Å². The molecule has 1 aromatic rings. The van der Waals surface area contributed by atoms with Gasteiger partial charge in [0.05, 0.1) is 5.60 Å². The molecule has 4 nitrogen and oxygen atoms in total. The van der Waals surface area contributed by atoms with Gasteiger partial charge in [-0.05, 0) is 31.7 Å². The van der Waals surface area contributed by atoms with Crippen LogP contribution in [0, 0.1) is 5.92 Å². The van der Waals surface area contributed by atoms with E-state index in [1.54, 1.807) is 12.4 Å². The molecule has 0 saturated carbocycles. The maximum Gasteiger partial charge on any atom is 0.226 e. The summed E-state index contributed by atoms with van der Waals surface area (Å²) in [6, 6.07) is 4.18. The van der Waals surface area contributed by atoms with Gasteiger partial charge in [-0.15, -0.1) is 0 Å². The molecule has 2 unspecified atom stereocenters. The van der Waals surface area contributed by atoms with E-state index >= 15 is 0 Å². The van der Waals surface area contributed by atoms with Crippen LogP contribution in [0.2, 0.25) is 0 Å². The van der Waals surface area contributed by atoms with E-state index in [2.05, 4.69) is 23.7 Å². The van der Waals surface area contributed by atoms with Gasteiger partial charge < -0.3 is 10.0 Å². The van der Waals surface area contributed by atoms with Crippen LogP contribution in [-0.4, -0.2) is 33.0 Å². The van der Waals surface area contributed by atoms with Crippen LogP contribution in [0.5, 0.6) is 0 Å². The smallest absolute Gasteiger partial charge is 0.226 e. The van der Waals surface area contributed by atoms with Crippen molar-refractivity contribution >= 4 is 5.91 Å². The molecule has 1 N–H and O–H groups in total. The van der Waals surface area contributed by atoms with Crippen molar-refractivity contribution in [3.63, 3.8) is 0 Å². The average molecular weight is 302 g/mol. The number of pyridine rings is 1. The van der Waals surface area contributed by atoms with Gasteiger partial charge in [-0.25, -0.2) is 0 Å². The third-order valence-electron chi connectivity index (χ3n) is 5.55. The van der Waals surface area contributed by atoms with Crippen LogP contribution in [0.15, 0.2) is 24.5 Å². The van der Waals surface area contributed by atoms with Crippen LogP contribution < -0.4 is 0 Å². The molecule has 4 heteroatoms. The quantitative estimate of drug-likeness (QED) is 0.930. The van der Waals surface area contributed by atoms with E-state index in [0.29, 0.717) is 18.7 Å². The van der Waals surface area contributed by atoms with Gasteiger partial charge in [-0.3, -0.25) is 9.78 Å². The minimum atomic E-state index is -0.829. The minimum Gasteiger partial charge on any atom is -0.385 e. The summed E-state index contributed by atoms with van der Waals surface area (Å²) in [6.45, 7) is 4.17. The fraction of sp³-hybridized carbons (Fsp3) is 0.667. The zero-order valence-electron chi connectivity index (χ0n) is 13.5. The number of nitrogens with zero attached hydrogens (tertiary/aromatic N) is 2. The number of carbonyl (C=O) groups is 1. The second-order valence-corrected chi connectivity index (χ2v) is 6.83. The van der Waals surface area contributed by atoms with E-state index in [-0.39, 0.29) is 18.0 Å². The van der Waals surface area contributed by atoms with Crippen molar-refractivity contribution in [3.8, 4) is 0 Å². The first-order valence-electron chi connectivity index (χ1n) is 8.54. The summed E-state index contributed by atoms with van der Waals surface area (Å²) >= 11 is 0. The summed E-state index contributed by atoms with van der Waals surface area (Å²) in [6.07, 6.45) is 8.60. The van der Waals surface area contributed by atoms with E-state index in [1.165, 1.54) is 0 Å². The Morgan fingerprint density at radius 3 is 2.50 bits per heavy atom. The first-order valence-corrected chi connectivity index (χ1v) is 8.54. The maximum atomic E-state index is 12.8. The molecule has 2 aliphatic heterocycles. The first-order chi connectivity index (χ1) is 10.6. The van der Waals surface area contributed by atoms with Crippen molar-refractivity contribution in [1.29, 1.82) is 0 Å². The van der Waals surface area contributed by atoms with Gasteiger partial charge in [0.1, 0.15) is 0 Å². The molecule has 1 amide bonds. The second kappa shape index (κ2) is 5.99.